The Bertz CT molecular complexity index is 236. The topological polar surface area (TPSA) is 20.2 Å². The van der Waals surface area contributed by atoms with Crippen LogP contribution in [-0.4, -0.2) is 10.7 Å². The maximum atomic E-state index is 10.1. The molecule has 1 N–H and O–H groups in total. The van der Waals surface area contributed by atoms with Crippen LogP contribution in [0.3, 0.4) is 0 Å². The number of aliphatic hydroxyl groups is 1. The standard InChI is InChI=1S/C14H24O/c1-12(2)13-8-6-4-5-7-10-14(3,15)11-9-13/h4-5,9,11-13,15H,6-8,10H2,1-3H3. The van der Waals surface area contributed by atoms with Crippen molar-refractivity contribution in [2.75, 3.05) is 0 Å². The predicted molar refractivity (Wildman–Crippen MR) is 65.7 cm³/mol. The molecule has 1 aliphatic rings. The molecule has 0 saturated carbocycles. The van der Waals surface area contributed by atoms with E-state index in [1.54, 1.807) is 0 Å². The van der Waals surface area contributed by atoms with Crippen LogP contribution in [-0.2, 0) is 0 Å². The first-order chi connectivity index (χ1) is 7.01. The molecule has 0 aliphatic heterocycles. The molecule has 1 rings (SSSR count). The van der Waals surface area contributed by atoms with Gasteiger partial charge in [-0.2, -0.15) is 0 Å². The lowest BCUT2D eigenvalue weighted by molar-refractivity contribution is 0.102. The van der Waals surface area contributed by atoms with E-state index >= 15 is 0 Å². The average molecular weight is 208 g/mol. The Kier molecular flexibility index (Phi) is 4.59. The van der Waals surface area contributed by atoms with Crippen LogP contribution in [0.1, 0.15) is 46.5 Å². The lowest BCUT2D eigenvalue weighted by Crippen LogP contribution is -2.21. The van der Waals surface area contributed by atoms with Crippen molar-refractivity contribution in [3.8, 4) is 0 Å². The predicted octanol–water partition coefficient (Wildman–Crippen LogP) is 3.70. The Hall–Kier alpha value is -0.560. The van der Waals surface area contributed by atoms with Crippen LogP contribution >= 0.6 is 0 Å². The highest BCUT2D eigenvalue weighted by atomic mass is 16.3. The second-order valence-electron chi connectivity index (χ2n) is 5.21. The van der Waals surface area contributed by atoms with E-state index in [1.807, 2.05) is 13.0 Å². The van der Waals surface area contributed by atoms with E-state index in [0.29, 0.717) is 11.8 Å². The van der Waals surface area contributed by atoms with E-state index in [1.165, 1.54) is 6.42 Å². The molecule has 15 heavy (non-hydrogen) atoms. The van der Waals surface area contributed by atoms with Gasteiger partial charge in [-0.25, -0.2) is 0 Å². The number of allylic oxidation sites excluding steroid dienone is 3. The van der Waals surface area contributed by atoms with Crippen LogP contribution in [0.5, 0.6) is 0 Å². The van der Waals surface area contributed by atoms with Crippen molar-refractivity contribution in [3.05, 3.63) is 24.3 Å². The average Bonchev–Trinajstić information content (AvgIpc) is 2.14. The summed E-state index contributed by atoms with van der Waals surface area (Å²) in [6.07, 6.45) is 12.8. The largest absolute Gasteiger partial charge is 0.386 e. The Balaban J connectivity index is 2.71. The molecule has 0 radical (unpaired) electrons. The lowest BCUT2D eigenvalue weighted by atomic mass is 9.87. The fourth-order valence-electron chi connectivity index (χ4n) is 1.97. The lowest BCUT2D eigenvalue weighted by Gasteiger charge is -2.22. The highest BCUT2D eigenvalue weighted by Crippen LogP contribution is 2.23. The summed E-state index contributed by atoms with van der Waals surface area (Å²) in [5, 5.41) is 10.1. The fourth-order valence-corrected chi connectivity index (χ4v) is 1.97. The quantitative estimate of drug-likeness (QED) is 0.651. The molecule has 1 nitrogen and oxygen atoms in total. The van der Waals surface area contributed by atoms with E-state index in [0.717, 1.165) is 19.3 Å². The number of hydrogen-bond acceptors (Lipinski definition) is 1. The smallest absolute Gasteiger partial charge is 0.0802 e. The molecule has 0 amide bonds. The third-order valence-electron chi connectivity index (χ3n) is 3.21. The molecular weight excluding hydrogens is 184 g/mol. The minimum Gasteiger partial charge on any atom is -0.386 e. The first-order valence-electron chi connectivity index (χ1n) is 6.08. The van der Waals surface area contributed by atoms with Gasteiger partial charge >= 0.3 is 0 Å². The van der Waals surface area contributed by atoms with Gasteiger partial charge in [-0.05, 0) is 44.4 Å². The second-order valence-corrected chi connectivity index (χ2v) is 5.21. The van der Waals surface area contributed by atoms with Crippen LogP contribution in [0.2, 0.25) is 0 Å². The highest BCUT2D eigenvalue weighted by Gasteiger charge is 2.17. The molecule has 2 atom stereocenters. The normalized spacial score (nSPS) is 33.3. The molecule has 2 unspecified atom stereocenters. The Morgan fingerprint density at radius 1 is 1.27 bits per heavy atom. The first kappa shape index (κ1) is 12.5. The summed E-state index contributed by atoms with van der Waals surface area (Å²) in [7, 11) is 0. The molecule has 0 aromatic carbocycles. The zero-order valence-corrected chi connectivity index (χ0v) is 10.2. The third-order valence-corrected chi connectivity index (χ3v) is 3.21. The molecule has 0 bridgehead atoms. The van der Waals surface area contributed by atoms with Gasteiger partial charge in [0.05, 0.1) is 5.60 Å². The molecule has 1 heteroatoms. The molecule has 86 valence electrons. The second kappa shape index (κ2) is 5.50. The summed E-state index contributed by atoms with van der Waals surface area (Å²) in [5.41, 5.74) is -0.630. The van der Waals surface area contributed by atoms with Crippen LogP contribution in [0.4, 0.5) is 0 Å². The summed E-state index contributed by atoms with van der Waals surface area (Å²) in [5.74, 6) is 1.25. The van der Waals surface area contributed by atoms with E-state index < -0.39 is 5.60 Å². The van der Waals surface area contributed by atoms with Gasteiger partial charge in [-0.3, -0.25) is 0 Å². The minimum absolute atomic E-state index is 0.597. The molecule has 0 aromatic heterocycles. The monoisotopic (exact) mass is 208 g/mol. The van der Waals surface area contributed by atoms with Crippen molar-refractivity contribution in [2.24, 2.45) is 11.8 Å². The third kappa shape index (κ3) is 4.65. The molecule has 1 aliphatic carbocycles. The fraction of sp³-hybridized carbons (Fsp3) is 0.714. The summed E-state index contributed by atoms with van der Waals surface area (Å²) in [4.78, 5) is 0. The van der Waals surface area contributed by atoms with Crippen molar-refractivity contribution in [1.29, 1.82) is 0 Å². The van der Waals surface area contributed by atoms with Gasteiger partial charge in [0.1, 0.15) is 0 Å². The van der Waals surface area contributed by atoms with Crippen LogP contribution in [0, 0.1) is 11.8 Å². The van der Waals surface area contributed by atoms with Gasteiger partial charge in [-0.1, -0.05) is 38.2 Å². The zero-order valence-electron chi connectivity index (χ0n) is 10.2. The Labute approximate surface area is 93.9 Å². The maximum Gasteiger partial charge on any atom is 0.0802 e. The molecule has 0 aromatic rings. The van der Waals surface area contributed by atoms with Crippen molar-refractivity contribution in [3.63, 3.8) is 0 Å². The first-order valence-corrected chi connectivity index (χ1v) is 6.08. The minimum atomic E-state index is -0.630. The van der Waals surface area contributed by atoms with E-state index in [9.17, 15) is 5.11 Å². The summed E-state index contributed by atoms with van der Waals surface area (Å²) in [6.45, 7) is 6.40. The summed E-state index contributed by atoms with van der Waals surface area (Å²) < 4.78 is 0. The molecule has 0 heterocycles. The van der Waals surface area contributed by atoms with Crippen LogP contribution in [0.15, 0.2) is 24.3 Å². The molecule has 0 saturated heterocycles. The van der Waals surface area contributed by atoms with Gasteiger partial charge in [0, 0.05) is 0 Å². The van der Waals surface area contributed by atoms with Gasteiger partial charge in [0.25, 0.3) is 0 Å². The zero-order chi connectivity index (χ0) is 11.3. The van der Waals surface area contributed by atoms with Crippen molar-refractivity contribution in [2.45, 2.75) is 52.1 Å². The van der Waals surface area contributed by atoms with Crippen molar-refractivity contribution < 1.29 is 5.11 Å². The SMILES string of the molecule is CC(C)C1C=CC(C)(O)CCC=CCC1. The van der Waals surface area contributed by atoms with Gasteiger partial charge in [0.15, 0.2) is 0 Å². The van der Waals surface area contributed by atoms with Gasteiger partial charge in [-0.15, -0.1) is 0 Å². The van der Waals surface area contributed by atoms with Crippen molar-refractivity contribution >= 4 is 0 Å². The Morgan fingerprint density at radius 3 is 2.60 bits per heavy atom. The van der Waals surface area contributed by atoms with E-state index in [2.05, 4.69) is 32.1 Å². The van der Waals surface area contributed by atoms with Gasteiger partial charge in [0.2, 0.25) is 0 Å². The summed E-state index contributed by atoms with van der Waals surface area (Å²) in [6, 6.07) is 0. The van der Waals surface area contributed by atoms with Gasteiger partial charge < -0.3 is 5.11 Å². The highest BCUT2D eigenvalue weighted by molar-refractivity contribution is 5.04. The molecule has 0 spiro atoms. The number of rotatable bonds is 1. The Morgan fingerprint density at radius 2 is 1.93 bits per heavy atom. The maximum absolute atomic E-state index is 10.1. The van der Waals surface area contributed by atoms with Crippen LogP contribution < -0.4 is 0 Å². The van der Waals surface area contributed by atoms with E-state index in [4.69, 9.17) is 0 Å². The molecule has 0 fully saturated rings. The molecular formula is C14H24O. The van der Waals surface area contributed by atoms with Crippen LogP contribution in [0.25, 0.3) is 0 Å². The van der Waals surface area contributed by atoms with E-state index in [-0.39, 0.29) is 0 Å². The van der Waals surface area contributed by atoms with Crippen molar-refractivity contribution in [1.82, 2.24) is 0 Å². The number of hydrogen-bond donors (Lipinski definition) is 1. The summed E-state index contributed by atoms with van der Waals surface area (Å²) >= 11 is 0.